The van der Waals surface area contributed by atoms with Crippen LogP contribution in [0.1, 0.15) is 26.5 Å². The molecular formula is C14H16ClN3O5S. The van der Waals surface area contributed by atoms with E-state index in [-0.39, 0.29) is 6.54 Å². The highest BCUT2D eigenvalue weighted by Gasteiger charge is 2.27. The monoisotopic (exact) mass is 373 g/mol. The standard InChI is InChI=1S/C14H16ClN3O5S/c1-14(2,3)22-13(21)18(12(19)20)16-7-8-6-9(23-17-8)10-4-5-11(15)24-10/h4-6,16H,7H2,1-3H3,(H,19,20). The number of rotatable bonds is 4. The fourth-order valence-corrected chi connectivity index (χ4v) is 2.63. The van der Waals surface area contributed by atoms with Crippen molar-refractivity contribution < 1.29 is 24.0 Å². The maximum Gasteiger partial charge on any atom is 0.434 e. The molecule has 0 fully saturated rings. The number of imide groups is 1. The molecule has 8 nitrogen and oxygen atoms in total. The van der Waals surface area contributed by atoms with Crippen LogP contribution in [0, 0.1) is 0 Å². The number of nitrogens with zero attached hydrogens (tertiary/aromatic N) is 2. The minimum atomic E-state index is -1.49. The summed E-state index contributed by atoms with van der Waals surface area (Å²) < 4.78 is 10.8. The highest BCUT2D eigenvalue weighted by atomic mass is 35.5. The second-order valence-electron chi connectivity index (χ2n) is 5.72. The van der Waals surface area contributed by atoms with Gasteiger partial charge in [-0.25, -0.2) is 15.0 Å². The first-order chi connectivity index (χ1) is 11.2. The van der Waals surface area contributed by atoms with Crippen LogP contribution in [0.5, 0.6) is 0 Å². The summed E-state index contributed by atoms with van der Waals surface area (Å²) in [6.45, 7) is 4.89. The lowest BCUT2D eigenvalue weighted by Crippen LogP contribution is -2.48. The molecule has 0 aromatic carbocycles. The molecule has 0 radical (unpaired) electrons. The fourth-order valence-electron chi connectivity index (χ4n) is 1.64. The van der Waals surface area contributed by atoms with Crippen LogP contribution in [0.2, 0.25) is 4.34 Å². The predicted octanol–water partition coefficient (Wildman–Crippen LogP) is 3.98. The molecule has 2 aromatic heterocycles. The fraction of sp³-hybridized carbons (Fsp3) is 0.357. The van der Waals surface area contributed by atoms with Crippen LogP contribution < -0.4 is 5.43 Å². The first kappa shape index (κ1) is 18.2. The molecule has 130 valence electrons. The number of nitrogens with one attached hydrogen (secondary N) is 1. The zero-order valence-corrected chi connectivity index (χ0v) is 14.8. The molecule has 0 aliphatic heterocycles. The molecule has 2 amide bonds. The van der Waals surface area contributed by atoms with E-state index < -0.39 is 17.8 Å². The summed E-state index contributed by atoms with van der Waals surface area (Å²) in [5.41, 5.74) is 2.05. The Balaban J connectivity index is 2.01. The topological polar surface area (TPSA) is 105 Å². The van der Waals surface area contributed by atoms with Crippen LogP contribution in [0.15, 0.2) is 22.7 Å². The molecule has 0 spiro atoms. The number of halogens is 1. The van der Waals surface area contributed by atoms with Crippen molar-refractivity contribution in [3.63, 3.8) is 0 Å². The summed E-state index contributed by atoms with van der Waals surface area (Å²) in [5.74, 6) is 0.503. The van der Waals surface area contributed by atoms with Crippen molar-refractivity contribution in [2.45, 2.75) is 32.9 Å². The van der Waals surface area contributed by atoms with Crippen LogP contribution in [-0.2, 0) is 11.3 Å². The average molecular weight is 374 g/mol. The van der Waals surface area contributed by atoms with Gasteiger partial charge in [0, 0.05) is 6.07 Å². The van der Waals surface area contributed by atoms with Crippen molar-refractivity contribution >= 4 is 35.1 Å². The molecule has 0 saturated carbocycles. The first-order valence-corrected chi connectivity index (χ1v) is 8.06. The number of hydrazine groups is 1. The van der Waals surface area contributed by atoms with Gasteiger partial charge < -0.3 is 14.4 Å². The van der Waals surface area contributed by atoms with Gasteiger partial charge in [-0.2, -0.15) is 0 Å². The molecule has 2 N–H and O–H groups in total. The number of amides is 2. The van der Waals surface area contributed by atoms with Crippen molar-refractivity contribution in [3.8, 4) is 10.6 Å². The Bertz CT molecular complexity index is 737. The summed E-state index contributed by atoms with van der Waals surface area (Å²) in [5, 5.41) is 13.3. The molecule has 0 aliphatic rings. The largest absolute Gasteiger partial charge is 0.464 e. The molecule has 2 aromatic rings. The van der Waals surface area contributed by atoms with Gasteiger partial charge in [-0.05, 0) is 32.9 Å². The lowest BCUT2D eigenvalue weighted by Gasteiger charge is -2.24. The summed E-state index contributed by atoms with van der Waals surface area (Å²) in [6.07, 6.45) is -2.51. The number of hydrogen-bond acceptors (Lipinski definition) is 7. The van der Waals surface area contributed by atoms with Crippen molar-refractivity contribution in [1.29, 1.82) is 0 Å². The van der Waals surface area contributed by atoms with E-state index in [1.54, 1.807) is 39.0 Å². The van der Waals surface area contributed by atoms with E-state index >= 15 is 0 Å². The van der Waals surface area contributed by atoms with Gasteiger partial charge in [-0.15, -0.1) is 16.3 Å². The van der Waals surface area contributed by atoms with Gasteiger partial charge in [0.2, 0.25) is 0 Å². The maximum atomic E-state index is 11.9. The third-order valence-corrected chi connectivity index (χ3v) is 3.81. The summed E-state index contributed by atoms with van der Waals surface area (Å²) in [6, 6.07) is 5.15. The van der Waals surface area contributed by atoms with Gasteiger partial charge in [-0.3, -0.25) is 0 Å². The van der Waals surface area contributed by atoms with E-state index in [0.717, 1.165) is 4.88 Å². The number of carbonyl (C=O) groups excluding carboxylic acids is 1. The third-order valence-electron chi connectivity index (χ3n) is 2.56. The highest BCUT2D eigenvalue weighted by Crippen LogP contribution is 2.31. The van der Waals surface area contributed by atoms with Crippen LogP contribution in [0.4, 0.5) is 9.59 Å². The van der Waals surface area contributed by atoms with E-state index in [1.165, 1.54) is 11.3 Å². The quantitative estimate of drug-likeness (QED) is 0.781. The number of hydrogen-bond donors (Lipinski definition) is 2. The molecule has 10 heteroatoms. The Morgan fingerprint density at radius 2 is 2.17 bits per heavy atom. The molecule has 0 atom stereocenters. The first-order valence-electron chi connectivity index (χ1n) is 6.86. The SMILES string of the molecule is CC(C)(C)OC(=O)N(NCc1cc(-c2ccc(Cl)s2)on1)C(=O)O. The molecule has 0 saturated heterocycles. The van der Waals surface area contributed by atoms with Gasteiger partial charge in [-0.1, -0.05) is 16.8 Å². The number of ether oxygens (including phenoxy) is 1. The maximum absolute atomic E-state index is 11.9. The average Bonchev–Trinajstić information content (AvgIpc) is 3.05. The number of thiophene rings is 1. The zero-order chi connectivity index (χ0) is 17.9. The van der Waals surface area contributed by atoms with Crippen LogP contribution in [0.25, 0.3) is 10.6 Å². The van der Waals surface area contributed by atoms with Crippen molar-refractivity contribution in [3.05, 3.63) is 28.2 Å². The Hall–Kier alpha value is -2.10. The zero-order valence-electron chi connectivity index (χ0n) is 13.2. The van der Waals surface area contributed by atoms with Gasteiger partial charge in [0.25, 0.3) is 0 Å². The highest BCUT2D eigenvalue weighted by molar-refractivity contribution is 7.19. The van der Waals surface area contributed by atoms with E-state index in [1.807, 2.05) is 0 Å². The Labute approximate surface area is 146 Å². The molecule has 24 heavy (non-hydrogen) atoms. The predicted molar refractivity (Wildman–Crippen MR) is 87.8 cm³/mol. The van der Waals surface area contributed by atoms with Crippen LogP contribution in [-0.4, -0.2) is 33.1 Å². The summed E-state index contributed by atoms with van der Waals surface area (Å²) >= 11 is 7.19. The molecule has 0 bridgehead atoms. The Morgan fingerprint density at radius 3 is 2.71 bits per heavy atom. The molecular weight excluding hydrogens is 358 g/mol. The molecule has 0 unspecified atom stereocenters. The van der Waals surface area contributed by atoms with Crippen LogP contribution >= 0.6 is 22.9 Å². The smallest absolute Gasteiger partial charge is 0.434 e. The minimum Gasteiger partial charge on any atom is -0.464 e. The van der Waals surface area contributed by atoms with Gasteiger partial charge in [0.1, 0.15) is 5.60 Å². The Morgan fingerprint density at radius 1 is 1.46 bits per heavy atom. The van der Waals surface area contributed by atoms with E-state index in [4.69, 9.17) is 26.0 Å². The van der Waals surface area contributed by atoms with Crippen molar-refractivity contribution in [2.75, 3.05) is 0 Å². The number of carboxylic acid groups (broad SMARTS) is 1. The van der Waals surface area contributed by atoms with Gasteiger partial charge in [0.15, 0.2) is 5.76 Å². The minimum absolute atomic E-state index is 0.0336. The molecule has 2 heterocycles. The Kier molecular flexibility index (Phi) is 5.47. The second-order valence-corrected chi connectivity index (χ2v) is 7.43. The lowest BCUT2D eigenvalue weighted by atomic mass is 10.2. The molecule has 2 rings (SSSR count). The number of carbonyl (C=O) groups is 2. The van der Waals surface area contributed by atoms with Crippen molar-refractivity contribution in [2.24, 2.45) is 0 Å². The summed E-state index contributed by atoms with van der Waals surface area (Å²) in [7, 11) is 0. The van der Waals surface area contributed by atoms with Gasteiger partial charge in [0.05, 0.1) is 21.5 Å². The van der Waals surface area contributed by atoms with Gasteiger partial charge >= 0.3 is 12.2 Å². The normalized spacial score (nSPS) is 11.3. The van der Waals surface area contributed by atoms with E-state index in [9.17, 15) is 9.59 Å². The lowest BCUT2D eigenvalue weighted by molar-refractivity contribution is 0.0163. The van der Waals surface area contributed by atoms with E-state index in [0.29, 0.717) is 20.8 Å². The van der Waals surface area contributed by atoms with Crippen molar-refractivity contribution in [1.82, 2.24) is 15.6 Å². The summed E-state index contributed by atoms with van der Waals surface area (Å²) in [4.78, 5) is 23.8. The second kappa shape index (κ2) is 7.20. The van der Waals surface area contributed by atoms with E-state index in [2.05, 4.69) is 10.6 Å². The third kappa shape index (κ3) is 4.95. The number of aromatic nitrogens is 1. The van der Waals surface area contributed by atoms with Crippen LogP contribution in [0.3, 0.4) is 0 Å². The molecule has 0 aliphatic carbocycles.